The minimum atomic E-state index is -0.759. The number of para-hydroxylation sites is 1. The van der Waals surface area contributed by atoms with E-state index in [0.29, 0.717) is 45.4 Å². The number of aromatic nitrogens is 2. The molecule has 5 rings (SSSR count). The lowest BCUT2D eigenvalue weighted by atomic mass is 9.89. The molecule has 1 atom stereocenters. The molecule has 6 nitrogen and oxygen atoms in total. The second-order valence-electron chi connectivity index (χ2n) is 8.24. The molecule has 0 saturated heterocycles. The molecular formula is C23H22N2O4. The Bertz CT molecular complexity index is 1370. The normalized spacial score (nSPS) is 18.0. The van der Waals surface area contributed by atoms with Crippen LogP contribution in [0.25, 0.3) is 32.8 Å². The summed E-state index contributed by atoms with van der Waals surface area (Å²) in [5, 5.41) is 12.8. The molecule has 4 aromatic rings. The lowest BCUT2D eigenvalue weighted by Gasteiger charge is -2.36. The molecule has 0 saturated carbocycles. The molecule has 2 aromatic carbocycles. The number of ether oxygens (including phenoxy) is 2. The summed E-state index contributed by atoms with van der Waals surface area (Å²) in [4.78, 5) is 18.3. The van der Waals surface area contributed by atoms with Crippen LogP contribution in [0.2, 0.25) is 0 Å². The van der Waals surface area contributed by atoms with E-state index in [9.17, 15) is 9.90 Å². The summed E-state index contributed by atoms with van der Waals surface area (Å²) >= 11 is 0. The first-order valence-electron chi connectivity index (χ1n) is 9.61. The highest BCUT2D eigenvalue weighted by molar-refractivity contribution is 6.01. The van der Waals surface area contributed by atoms with Gasteiger partial charge >= 0.3 is 0 Å². The molecule has 1 aliphatic heterocycles. The van der Waals surface area contributed by atoms with Crippen LogP contribution in [-0.4, -0.2) is 27.4 Å². The van der Waals surface area contributed by atoms with Crippen LogP contribution in [-0.2, 0) is 7.05 Å². The number of nitrogens with zero attached hydrogens (tertiary/aromatic N) is 2. The first kappa shape index (κ1) is 17.9. The maximum atomic E-state index is 13.5. The quantitative estimate of drug-likeness (QED) is 0.500. The fourth-order valence-corrected chi connectivity index (χ4v) is 4.45. The first-order valence-corrected chi connectivity index (χ1v) is 9.61. The van der Waals surface area contributed by atoms with Gasteiger partial charge in [0.1, 0.15) is 22.7 Å². The van der Waals surface area contributed by atoms with Gasteiger partial charge in [-0.25, -0.2) is 4.98 Å². The Morgan fingerprint density at radius 1 is 1.28 bits per heavy atom. The summed E-state index contributed by atoms with van der Waals surface area (Å²) in [6.45, 7) is 3.87. The van der Waals surface area contributed by atoms with Gasteiger partial charge in [0.15, 0.2) is 0 Å². The zero-order valence-corrected chi connectivity index (χ0v) is 16.8. The van der Waals surface area contributed by atoms with E-state index in [1.54, 1.807) is 6.07 Å². The van der Waals surface area contributed by atoms with E-state index in [0.717, 1.165) is 10.9 Å². The van der Waals surface area contributed by atoms with Crippen molar-refractivity contribution in [1.29, 1.82) is 0 Å². The van der Waals surface area contributed by atoms with E-state index in [1.807, 2.05) is 55.8 Å². The number of aryl methyl sites for hydroxylation is 1. The summed E-state index contributed by atoms with van der Waals surface area (Å²) in [6, 6.07) is 11.3. The summed E-state index contributed by atoms with van der Waals surface area (Å²) in [7, 11) is 3.39. The summed E-state index contributed by atoms with van der Waals surface area (Å²) in [6.07, 6.45) is -0.329. The van der Waals surface area contributed by atoms with Crippen molar-refractivity contribution in [2.24, 2.45) is 7.05 Å². The van der Waals surface area contributed by atoms with Crippen molar-refractivity contribution in [2.45, 2.75) is 32.0 Å². The van der Waals surface area contributed by atoms with E-state index >= 15 is 0 Å². The SMILES string of the molecule is COc1cc2c(c3c1c(=O)c1cc4ccccc4nc1n3C)C(O)CC(C)(C)O2. The number of fused-ring (bicyclic) bond motifs is 5. The van der Waals surface area contributed by atoms with E-state index in [-0.39, 0.29) is 5.43 Å². The van der Waals surface area contributed by atoms with Crippen LogP contribution in [0.15, 0.2) is 41.2 Å². The summed E-state index contributed by atoms with van der Waals surface area (Å²) in [5.41, 5.74) is 1.90. The van der Waals surface area contributed by atoms with E-state index in [4.69, 9.17) is 14.5 Å². The fourth-order valence-electron chi connectivity index (χ4n) is 4.45. The molecule has 1 unspecified atom stereocenters. The molecule has 148 valence electrons. The van der Waals surface area contributed by atoms with Gasteiger partial charge in [-0.1, -0.05) is 18.2 Å². The van der Waals surface area contributed by atoms with Gasteiger partial charge in [0.2, 0.25) is 5.43 Å². The summed E-state index contributed by atoms with van der Waals surface area (Å²) in [5.74, 6) is 0.965. The van der Waals surface area contributed by atoms with Gasteiger partial charge < -0.3 is 19.1 Å². The van der Waals surface area contributed by atoms with Crippen LogP contribution in [0.5, 0.6) is 11.5 Å². The molecule has 29 heavy (non-hydrogen) atoms. The summed E-state index contributed by atoms with van der Waals surface area (Å²) < 4.78 is 13.6. The Hall–Kier alpha value is -3.12. The molecule has 6 heteroatoms. The van der Waals surface area contributed by atoms with Crippen molar-refractivity contribution >= 4 is 32.8 Å². The average molecular weight is 390 g/mol. The van der Waals surface area contributed by atoms with Crippen molar-refractivity contribution < 1.29 is 14.6 Å². The molecule has 3 heterocycles. The molecule has 0 radical (unpaired) electrons. The van der Waals surface area contributed by atoms with Gasteiger partial charge in [-0.2, -0.15) is 0 Å². The molecule has 0 aliphatic carbocycles. The minimum absolute atomic E-state index is 0.164. The molecule has 0 spiro atoms. The van der Waals surface area contributed by atoms with Crippen LogP contribution < -0.4 is 14.9 Å². The van der Waals surface area contributed by atoms with Gasteiger partial charge in [0, 0.05) is 30.5 Å². The van der Waals surface area contributed by atoms with Gasteiger partial charge in [-0.15, -0.1) is 0 Å². The molecule has 0 fully saturated rings. The molecule has 1 N–H and O–H groups in total. The highest BCUT2D eigenvalue weighted by atomic mass is 16.5. The van der Waals surface area contributed by atoms with Crippen LogP contribution >= 0.6 is 0 Å². The topological polar surface area (TPSA) is 73.6 Å². The average Bonchev–Trinajstić information content (AvgIpc) is 2.68. The standard InChI is InChI=1S/C23H22N2O4/c1-23(2)11-15(26)18-17(29-23)10-16(28-4)19-20(18)25(3)22-13(21(19)27)9-12-7-5-6-8-14(12)24-22/h5-10,15,26H,11H2,1-4H3. The number of rotatable bonds is 1. The molecule has 0 bridgehead atoms. The van der Waals surface area contributed by atoms with Crippen LogP contribution in [0, 0.1) is 0 Å². The smallest absolute Gasteiger partial charge is 0.202 e. The molecule has 2 aromatic heterocycles. The number of aliphatic hydroxyl groups excluding tert-OH is 1. The lowest BCUT2D eigenvalue weighted by Crippen LogP contribution is -2.35. The highest BCUT2D eigenvalue weighted by Gasteiger charge is 2.36. The zero-order chi connectivity index (χ0) is 20.5. The van der Waals surface area contributed by atoms with Crippen molar-refractivity contribution in [2.75, 3.05) is 7.11 Å². The van der Waals surface area contributed by atoms with E-state index in [2.05, 4.69) is 0 Å². The number of hydrogen-bond acceptors (Lipinski definition) is 5. The van der Waals surface area contributed by atoms with Gasteiger partial charge in [-0.05, 0) is 26.0 Å². The predicted octanol–water partition coefficient (Wildman–Crippen LogP) is 3.84. The Kier molecular flexibility index (Phi) is 3.67. The number of methoxy groups -OCH3 is 1. The third kappa shape index (κ3) is 2.52. The van der Waals surface area contributed by atoms with Crippen LogP contribution in [0.3, 0.4) is 0 Å². The highest BCUT2D eigenvalue weighted by Crippen LogP contribution is 2.46. The minimum Gasteiger partial charge on any atom is -0.496 e. The van der Waals surface area contributed by atoms with Crippen molar-refractivity contribution in [3.05, 3.63) is 52.2 Å². The third-order valence-electron chi connectivity index (χ3n) is 5.72. The maximum Gasteiger partial charge on any atom is 0.202 e. The van der Waals surface area contributed by atoms with Crippen LogP contribution in [0.1, 0.15) is 31.9 Å². The molecule has 1 aliphatic rings. The molecular weight excluding hydrogens is 368 g/mol. The maximum absolute atomic E-state index is 13.5. The van der Waals surface area contributed by atoms with E-state index < -0.39 is 11.7 Å². The largest absolute Gasteiger partial charge is 0.496 e. The van der Waals surface area contributed by atoms with Crippen molar-refractivity contribution in [3.8, 4) is 11.5 Å². The Balaban J connectivity index is 2.01. The van der Waals surface area contributed by atoms with Gasteiger partial charge in [0.25, 0.3) is 0 Å². The second kappa shape index (κ2) is 5.94. The monoisotopic (exact) mass is 390 g/mol. The van der Waals surface area contributed by atoms with Crippen LogP contribution in [0.4, 0.5) is 0 Å². The molecule has 0 amide bonds. The van der Waals surface area contributed by atoms with E-state index in [1.165, 1.54) is 7.11 Å². The lowest BCUT2D eigenvalue weighted by molar-refractivity contribution is 0.0122. The first-order chi connectivity index (χ1) is 13.8. The Morgan fingerprint density at radius 3 is 2.79 bits per heavy atom. The third-order valence-corrected chi connectivity index (χ3v) is 5.72. The Morgan fingerprint density at radius 2 is 2.03 bits per heavy atom. The van der Waals surface area contributed by atoms with Gasteiger partial charge in [-0.3, -0.25) is 4.79 Å². The zero-order valence-electron chi connectivity index (χ0n) is 16.8. The van der Waals surface area contributed by atoms with Gasteiger partial charge in [0.05, 0.1) is 35.0 Å². The second-order valence-corrected chi connectivity index (χ2v) is 8.24. The number of benzene rings is 2. The fraction of sp³-hybridized carbons (Fsp3) is 0.304. The number of pyridine rings is 2. The Labute approximate surface area is 167 Å². The predicted molar refractivity (Wildman–Crippen MR) is 113 cm³/mol. The van der Waals surface area contributed by atoms with Crippen molar-refractivity contribution in [3.63, 3.8) is 0 Å². The number of hydrogen-bond donors (Lipinski definition) is 1. The number of aliphatic hydroxyl groups is 1. The van der Waals surface area contributed by atoms with Crippen molar-refractivity contribution in [1.82, 2.24) is 9.55 Å².